The fraction of sp³-hybridized carbons (Fsp3) is 0.208. The highest BCUT2D eigenvalue weighted by atomic mass is 32.1. The number of hydrogen-bond donors (Lipinski definition) is 1. The van der Waals surface area contributed by atoms with Crippen molar-refractivity contribution < 1.29 is 13.6 Å². The van der Waals surface area contributed by atoms with Crippen molar-refractivity contribution in [1.82, 2.24) is 14.5 Å². The summed E-state index contributed by atoms with van der Waals surface area (Å²) in [5, 5.41) is 3.25. The van der Waals surface area contributed by atoms with Crippen LogP contribution in [0.1, 0.15) is 41.4 Å². The number of aromatic nitrogens is 3. The van der Waals surface area contributed by atoms with Gasteiger partial charge in [-0.2, -0.15) is 0 Å². The summed E-state index contributed by atoms with van der Waals surface area (Å²) in [6, 6.07) is 12.5. The highest BCUT2D eigenvalue weighted by Gasteiger charge is 2.26. The number of benzene rings is 2. The summed E-state index contributed by atoms with van der Waals surface area (Å²) in [4.78, 5) is 22.2. The number of imidazole rings is 1. The molecule has 162 valence electrons. The van der Waals surface area contributed by atoms with Crippen LogP contribution >= 0.6 is 11.3 Å². The molecule has 8 heteroatoms. The number of thiazole rings is 1. The molecule has 0 spiro atoms. The van der Waals surface area contributed by atoms with Crippen LogP contribution in [0.2, 0.25) is 0 Å². The second kappa shape index (κ2) is 8.63. The minimum atomic E-state index is -0.497. The van der Waals surface area contributed by atoms with Crippen LogP contribution in [0.3, 0.4) is 0 Å². The minimum Gasteiger partial charge on any atom is -0.325 e. The molecule has 0 saturated heterocycles. The molecule has 0 radical (unpaired) electrons. The van der Waals surface area contributed by atoms with Crippen molar-refractivity contribution in [2.75, 3.05) is 5.32 Å². The summed E-state index contributed by atoms with van der Waals surface area (Å²) >= 11 is 1.23. The van der Waals surface area contributed by atoms with Crippen LogP contribution < -0.4 is 5.32 Å². The lowest BCUT2D eigenvalue weighted by molar-refractivity contribution is 0.103. The number of hydrogen-bond acceptors (Lipinski definition) is 4. The molecule has 1 aliphatic carbocycles. The number of halogens is 2. The van der Waals surface area contributed by atoms with Crippen molar-refractivity contribution in [3.8, 4) is 22.0 Å². The smallest absolute Gasteiger partial charge is 0.267 e. The van der Waals surface area contributed by atoms with E-state index in [1.165, 1.54) is 41.8 Å². The molecule has 2 aromatic carbocycles. The fourth-order valence-electron chi connectivity index (χ4n) is 4.09. The number of amides is 1. The Morgan fingerprint density at radius 3 is 2.53 bits per heavy atom. The van der Waals surface area contributed by atoms with Crippen LogP contribution in [0, 0.1) is 11.6 Å². The van der Waals surface area contributed by atoms with Gasteiger partial charge in [0.2, 0.25) is 0 Å². The number of anilines is 1. The van der Waals surface area contributed by atoms with E-state index in [-0.39, 0.29) is 11.5 Å². The molecule has 2 aromatic heterocycles. The summed E-state index contributed by atoms with van der Waals surface area (Å²) in [5.41, 5.74) is 2.42. The predicted octanol–water partition coefficient (Wildman–Crippen LogP) is 6.32. The van der Waals surface area contributed by atoms with Crippen LogP contribution in [-0.2, 0) is 0 Å². The maximum atomic E-state index is 13.9. The van der Waals surface area contributed by atoms with E-state index in [9.17, 15) is 13.6 Å². The van der Waals surface area contributed by atoms with Crippen LogP contribution in [0.5, 0.6) is 0 Å². The van der Waals surface area contributed by atoms with Gasteiger partial charge in [-0.15, -0.1) is 11.3 Å². The molecule has 0 aliphatic heterocycles. The molecular weight excluding hydrogens is 430 g/mol. The standard InChI is InChI=1S/C24H20F2N4OS/c25-16-11-9-15(10-12-16)21-22(30(14-28-21)17-5-1-2-6-17)24-27-13-20(32-24)23(31)29-19-8-4-3-7-18(19)26/h3-4,7-14,17H,1-2,5-6H2,(H,29,31). The van der Waals surface area contributed by atoms with Crippen molar-refractivity contribution in [3.63, 3.8) is 0 Å². The van der Waals surface area contributed by atoms with E-state index in [2.05, 4.69) is 19.9 Å². The Labute approximate surface area is 187 Å². The second-order valence-electron chi connectivity index (χ2n) is 7.76. The molecule has 0 atom stereocenters. The summed E-state index contributed by atoms with van der Waals surface area (Å²) < 4.78 is 29.5. The SMILES string of the molecule is O=C(Nc1ccccc1F)c1cnc(-c2c(-c3ccc(F)cc3)ncn2C2CCCC2)s1. The monoisotopic (exact) mass is 450 g/mol. The average molecular weight is 451 g/mol. The van der Waals surface area contributed by atoms with Gasteiger partial charge in [0.25, 0.3) is 5.91 Å². The first-order chi connectivity index (χ1) is 15.6. The first-order valence-corrected chi connectivity index (χ1v) is 11.3. The Morgan fingerprint density at radius 2 is 1.78 bits per heavy atom. The van der Waals surface area contributed by atoms with Crippen molar-refractivity contribution in [3.05, 3.63) is 77.6 Å². The van der Waals surface area contributed by atoms with Gasteiger partial charge in [-0.05, 0) is 49.2 Å². The Balaban J connectivity index is 1.52. The third-order valence-corrected chi connectivity index (χ3v) is 6.69. The molecule has 2 heterocycles. The molecule has 5 rings (SSSR count). The molecule has 4 aromatic rings. The molecule has 0 unspecified atom stereocenters. The molecule has 1 saturated carbocycles. The van der Waals surface area contributed by atoms with Crippen LogP contribution in [0.25, 0.3) is 22.0 Å². The average Bonchev–Trinajstić information content (AvgIpc) is 3.55. The quantitative estimate of drug-likeness (QED) is 0.387. The number of rotatable bonds is 5. The van der Waals surface area contributed by atoms with Crippen molar-refractivity contribution in [1.29, 1.82) is 0 Å². The Hall–Kier alpha value is -3.39. The molecule has 1 fully saturated rings. The molecular formula is C24H20F2N4OS. The van der Waals surface area contributed by atoms with Gasteiger partial charge in [0, 0.05) is 11.6 Å². The van der Waals surface area contributed by atoms with Crippen molar-refractivity contribution in [2.45, 2.75) is 31.7 Å². The number of nitrogens with zero attached hydrogens (tertiary/aromatic N) is 3. The molecule has 1 amide bonds. The van der Waals surface area contributed by atoms with Gasteiger partial charge < -0.3 is 9.88 Å². The lowest BCUT2D eigenvalue weighted by atomic mass is 10.1. The summed E-state index contributed by atoms with van der Waals surface area (Å²) in [7, 11) is 0. The topological polar surface area (TPSA) is 59.8 Å². The van der Waals surface area contributed by atoms with Gasteiger partial charge in [-0.3, -0.25) is 4.79 Å². The Morgan fingerprint density at radius 1 is 1.03 bits per heavy atom. The molecule has 32 heavy (non-hydrogen) atoms. The van der Waals surface area contributed by atoms with E-state index in [4.69, 9.17) is 0 Å². The predicted molar refractivity (Wildman–Crippen MR) is 121 cm³/mol. The number of carbonyl (C=O) groups excluding carboxylic acids is 1. The number of carbonyl (C=O) groups is 1. The van der Waals surface area contributed by atoms with E-state index in [1.54, 1.807) is 24.3 Å². The summed E-state index contributed by atoms with van der Waals surface area (Å²) in [6.07, 6.45) is 7.72. The third kappa shape index (κ3) is 3.93. The van der Waals surface area contributed by atoms with E-state index in [1.807, 2.05) is 6.33 Å². The van der Waals surface area contributed by atoms with Crippen LogP contribution in [-0.4, -0.2) is 20.4 Å². The van der Waals surface area contributed by atoms with Crippen molar-refractivity contribution >= 4 is 22.9 Å². The second-order valence-corrected chi connectivity index (χ2v) is 8.79. The summed E-state index contributed by atoms with van der Waals surface area (Å²) in [6.45, 7) is 0. The first-order valence-electron chi connectivity index (χ1n) is 10.4. The maximum absolute atomic E-state index is 13.9. The van der Waals surface area contributed by atoms with E-state index >= 15 is 0 Å². The van der Waals surface area contributed by atoms with Crippen LogP contribution in [0.15, 0.2) is 61.1 Å². The molecule has 0 bridgehead atoms. The highest BCUT2D eigenvalue weighted by molar-refractivity contribution is 7.17. The lowest BCUT2D eigenvalue weighted by Crippen LogP contribution is -2.11. The van der Waals surface area contributed by atoms with Gasteiger partial charge in [0.1, 0.15) is 27.2 Å². The summed E-state index contributed by atoms with van der Waals surface area (Å²) in [5.74, 6) is -1.23. The molecule has 5 nitrogen and oxygen atoms in total. The van der Waals surface area contributed by atoms with Gasteiger partial charge >= 0.3 is 0 Å². The van der Waals surface area contributed by atoms with Gasteiger partial charge in [-0.25, -0.2) is 18.7 Å². The van der Waals surface area contributed by atoms with Gasteiger partial charge in [0.15, 0.2) is 0 Å². The number of para-hydroxylation sites is 1. The zero-order valence-corrected chi connectivity index (χ0v) is 17.9. The third-order valence-electron chi connectivity index (χ3n) is 5.68. The molecule has 1 aliphatic rings. The maximum Gasteiger partial charge on any atom is 0.267 e. The normalized spacial score (nSPS) is 14.1. The largest absolute Gasteiger partial charge is 0.325 e. The van der Waals surface area contributed by atoms with Gasteiger partial charge in [0.05, 0.1) is 23.9 Å². The minimum absolute atomic E-state index is 0.121. The molecule has 1 N–H and O–H groups in total. The van der Waals surface area contributed by atoms with Crippen molar-refractivity contribution in [2.24, 2.45) is 0 Å². The van der Waals surface area contributed by atoms with Gasteiger partial charge in [-0.1, -0.05) is 25.0 Å². The van der Waals surface area contributed by atoms with E-state index < -0.39 is 11.7 Å². The zero-order valence-electron chi connectivity index (χ0n) is 17.1. The lowest BCUT2D eigenvalue weighted by Gasteiger charge is -2.15. The Kier molecular flexibility index (Phi) is 5.53. The van der Waals surface area contributed by atoms with E-state index in [0.717, 1.165) is 36.9 Å². The first kappa shape index (κ1) is 20.5. The zero-order chi connectivity index (χ0) is 22.1. The fourth-order valence-corrected chi connectivity index (χ4v) is 4.95. The van der Waals surface area contributed by atoms with E-state index in [0.29, 0.717) is 21.6 Å². The highest BCUT2D eigenvalue weighted by Crippen LogP contribution is 2.39. The van der Waals surface area contributed by atoms with Crippen LogP contribution in [0.4, 0.5) is 14.5 Å². The Bertz CT molecular complexity index is 1260. The number of nitrogens with one attached hydrogen (secondary N) is 1.